The lowest BCUT2D eigenvalue weighted by Gasteiger charge is -2.17. The van der Waals surface area contributed by atoms with E-state index in [4.69, 9.17) is 0 Å². The van der Waals surface area contributed by atoms with Crippen LogP contribution in [0.3, 0.4) is 0 Å². The van der Waals surface area contributed by atoms with Crippen molar-refractivity contribution in [3.05, 3.63) is 65.2 Å². The van der Waals surface area contributed by atoms with Crippen LogP contribution in [-0.4, -0.2) is 36.9 Å². The smallest absolute Gasteiger partial charge is 0.238 e. The molecule has 2 N–H and O–H groups in total. The number of anilines is 1. The van der Waals surface area contributed by atoms with Crippen molar-refractivity contribution in [2.75, 3.05) is 25.5 Å². The molecule has 0 unspecified atom stereocenters. The fraction of sp³-hybridized carbons (Fsp3) is 0.300. The topological polar surface area (TPSA) is 61.4 Å². The van der Waals surface area contributed by atoms with Crippen molar-refractivity contribution in [3.8, 4) is 0 Å². The van der Waals surface area contributed by atoms with E-state index in [0.29, 0.717) is 6.54 Å². The molecule has 0 heterocycles. The average molecular weight is 339 g/mol. The van der Waals surface area contributed by atoms with Gasteiger partial charge >= 0.3 is 0 Å². The van der Waals surface area contributed by atoms with Crippen LogP contribution in [-0.2, 0) is 16.1 Å². The number of hydrogen-bond donors (Lipinski definition) is 2. The first-order valence-electron chi connectivity index (χ1n) is 8.31. The average Bonchev–Trinajstić information content (AvgIpc) is 2.58. The minimum Gasteiger partial charge on any atom is -0.351 e. The molecule has 0 fully saturated rings. The van der Waals surface area contributed by atoms with E-state index in [9.17, 15) is 9.59 Å². The molecule has 2 aromatic rings. The van der Waals surface area contributed by atoms with Crippen molar-refractivity contribution < 1.29 is 9.59 Å². The summed E-state index contributed by atoms with van der Waals surface area (Å²) in [6.07, 6.45) is 0. The molecular weight excluding hydrogens is 314 g/mol. The second kappa shape index (κ2) is 8.99. The maximum absolute atomic E-state index is 12.2. The van der Waals surface area contributed by atoms with E-state index in [1.165, 1.54) is 0 Å². The summed E-state index contributed by atoms with van der Waals surface area (Å²) in [5.41, 5.74) is 4.05. The molecule has 0 aliphatic heterocycles. The van der Waals surface area contributed by atoms with Crippen molar-refractivity contribution in [3.63, 3.8) is 0 Å². The summed E-state index contributed by atoms with van der Waals surface area (Å²) in [5.74, 6) is -0.238. The van der Waals surface area contributed by atoms with Gasteiger partial charge in [0.2, 0.25) is 11.8 Å². The lowest BCUT2D eigenvalue weighted by molar-refractivity contribution is -0.123. The Bertz CT molecular complexity index is 729. The summed E-state index contributed by atoms with van der Waals surface area (Å²) in [7, 11) is 1.75. The number of aryl methyl sites for hydroxylation is 1. The van der Waals surface area contributed by atoms with Gasteiger partial charge < -0.3 is 10.6 Å². The van der Waals surface area contributed by atoms with E-state index in [0.717, 1.165) is 22.4 Å². The lowest BCUT2D eigenvalue weighted by atomic mass is 10.1. The van der Waals surface area contributed by atoms with Crippen LogP contribution in [0, 0.1) is 13.8 Å². The normalized spacial score (nSPS) is 10.6. The minimum absolute atomic E-state index is 0.106. The molecule has 0 aliphatic rings. The first-order chi connectivity index (χ1) is 12.0. The lowest BCUT2D eigenvalue weighted by Crippen LogP contribution is -2.38. The molecule has 5 heteroatoms. The fourth-order valence-electron chi connectivity index (χ4n) is 2.47. The van der Waals surface area contributed by atoms with Crippen molar-refractivity contribution >= 4 is 17.5 Å². The van der Waals surface area contributed by atoms with E-state index < -0.39 is 0 Å². The Kier molecular flexibility index (Phi) is 6.71. The van der Waals surface area contributed by atoms with Gasteiger partial charge in [-0.3, -0.25) is 14.5 Å². The third kappa shape index (κ3) is 6.04. The van der Waals surface area contributed by atoms with Gasteiger partial charge in [0.25, 0.3) is 0 Å². The van der Waals surface area contributed by atoms with Gasteiger partial charge in [-0.05, 0) is 43.7 Å². The Labute approximate surface area is 149 Å². The third-order valence-electron chi connectivity index (χ3n) is 4.04. The highest BCUT2D eigenvalue weighted by Crippen LogP contribution is 2.17. The van der Waals surface area contributed by atoms with Gasteiger partial charge in [-0.15, -0.1) is 0 Å². The van der Waals surface area contributed by atoms with E-state index in [1.54, 1.807) is 11.9 Å². The Balaban J connectivity index is 1.77. The molecular formula is C20H25N3O2. The molecule has 0 aliphatic carbocycles. The number of benzene rings is 2. The van der Waals surface area contributed by atoms with E-state index in [-0.39, 0.29) is 24.9 Å². The standard InChI is InChI=1S/C20H25N3O2/c1-15-8-7-11-18(16(15)2)22-20(25)14-23(3)13-19(24)21-12-17-9-5-4-6-10-17/h4-11H,12-14H2,1-3H3,(H,21,24)(H,22,25). The molecule has 0 saturated heterocycles. The zero-order valence-electron chi connectivity index (χ0n) is 15.0. The predicted molar refractivity (Wildman–Crippen MR) is 100 cm³/mol. The third-order valence-corrected chi connectivity index (χ3v) is 4.04. The minimum atomic E-state index is -0.132. The molecule has 0 atom stereocenters. The highest BCUT2D eigenvalue weighted by Gasteiger charge is 2.12. The van der Waals surface area contributed by atoms with Crippen molar-refractivity contribution in [1.82, 2.24) is 10.2 Å². The molecule has 132 valence electrons. The molecule has 25 heavy (non-hydrogen) atoms. The van der Waals surface area contributed by atoms with E-state index in [1.807, 2.05) is 62.4 Å². The van der Waals surface area contributed by atoms with Gasteiger partial charge in [0.1, 0.15) is 0 Å². The van der Waals surface area contributed by atoms with Crippen LogP contribution in [0.2, 0.25) is 0 Å². The first-order valence-corrected chi connectivity index (χ1v) is 8.31. The summed E-state index contributed by atoms with van der Waals surface area (Å²) >= 11 is 0. The summed E-state index contributed by atoms with van der Waals surface area (Å²) in [4.78, 5) is 25.8. The van der Waals surface area contributed by atoms with Gasteiger partial charge in [0.05, 0.1) is 13.1 Å². The van der Waals surface area contributed by atoms with Crippen molar-refractivity contribution in [2.24, 2.45) is 0 Å². The monoisotopic (exact) mass is 339 g/mol. The Hall–Kier alpha value is -2.66. The Morgan fingerprint density at radius 1 is 0.920 bits per heavy atom. The van der Waals surface area contributed by atoms with Crippen LogP contribution in [0.4, 0.5) is 5.69 Å². The highest BCUT2D eigenvalue weighted by atomic mass is 16.2. The molecule has 2 aromatic carbocycles. The Morgan fingerprint density at radius 3 is 2.32 bits per heavy atom. The van der Waals surface area contributed by atoms with Crippen molar-refractivity contribution in [1.29, 1.82) is 0 Å². The zero-order chi connectivity index (χ0) is 18.2. The van der Waals surface area contributed by atoms with Crippen LogP contribution in [0.5, 0.6) is 0 Å². The maximum Gasteiger partial charge on any atom is 0.238 e. The fourth-order valence-corrected chi connectivity index (χ4v) is 2.47. The van der Waals surface area contributed by atoms with Crippen LogP contribution >= 0.6 is 0 Å². The zero-order valence-corrected chi connectivity index (χ0v) is 15.0. The quantitative estimate of drug-likeness (QED) is 0.815. The summed E-state index contributed by atoms with van der Waals surface area (Å²) in [5, 5.41) is 5.76. The summed E-state index contributed by atoms with van der Waals surface area (Å²) in [6, 6.07) is 15.5. The molecule has 5 nitrogen and oxygen atoms in total. The molecule has 0 bridgehead atoms. The number of likely N-dealkylation sites (N-methyl/N-ethyl adjacent to an activating group) is 1. The molecule has 0 aromatic heterocycles. The number of amides is 2. The number of nitrogens with one attached hydrogen (secondary N) is 2. The number of carbonyl (C=O) groups is 2. The largest absolute Gasteiger partial charge is 0.351 e. The van der Waals surface area contributed by atoms with Gasteiger partial charge in [-0.1, -0.05) is 42.5 Å². The van der Waals surface area contributed by atoms with Gasteiger partial charge in [0.15, 0.2) is 0 Å². The number of hydrogen-bond acceptors (Lipinski definition) is 3. The van der Waals surface area contributed by atoms with Crippen LogP contribution < -0.4 is 10.6 Å². The van der Waals surface area contributed by atoms with Crippen LogP contribution in [0.1, 0.15) is 16.7 Å². The maximum atomic E-state index is 12.2. The second-order valence-corrected chi connectivity index (χ2v) is 6.23. The summed E-state index contributed by atoms with van der Waals surface area (Å²) < 4.78 is 0. The van der Waals surface area contributed by atoms with E-state index >= 15 is 0 Å². The molecule has 2 amide bonds. The number of rotatable bonds is 7. The molecule has 0 radical (unpaired) electrons. The van der Waals surface area contributed by atoms with Crippen molar-refractivity contribution in [2.45, 2.75) is 20.4 Å². The van der Waals surface area contributed by atoms with Gasteiger partial charge in [-0.25, -0.2) is 0 Å². The van der Waals surface area contributed by atoms with Crippen LogP contribution in [0.15, 0.2) is 48.5 Å². The highest BCUT2D eigenvalue weighted by molar-refractivity contribution is 5.93. The molecule has 0 saturated carbocycles. The Morgan fingerprint density at radius 2 is 1.60 bits per heavy atom. The van der Waals surface area contributed by atoms with E-state index in [2.05, 4.69) is 10.6 Å². The van der Waals surface area contributed by atoms with Gasteiger partial charge in [-0.2, -0.15) is 0 Å². The number of carbonyl (C=O) groups excluding carboxylic acids is 2. The summed E-state index contributed by atoms with van der Waals surface area (Å²) in [6.45, 7) is 4.81. The molecule has 0 spiro atoms. The second-order valence-electron chi connectivity index (χ2n) is 6.23. The number of nitrogens with zero attached hydrogens (tertiary/aromatic N) is 1. The predicted octanol–water partition coefficient (Wildman–Crippen LogP) is 2.49. The van der Waals surface area contributed by atoms with Crippen LogP contribution in [0.25, 0.3) is 0 Å². The first kappa shape index (κ1) is 18.7. The SMILES string of the molecule is Cc1cccc(NC(=O)CN(C)CC(=O)NCc2ccccc2)c1C. The van der Waals surface area contributed by atoms with Gasteiger partial charge in [0, 0.05) is 12.2 Å². The molecule has 2 rings (SSSR count).